The summed E-state index contributed by atoms with van der Waals surface area (Å²) in [5.74, 6) is 1.17. The summed E-state index contributed by atoms with van der Waals surface area (Å²) in [6.07, 6.45) is 5.14. The van der Waals surface area contributed by atoms with Crippen LogP contribution in [0.25, 0.3) is 0 Å². The predicted octanol–water partition coefficient (Wildman–Crippen LogP) is 2.95. The predicted molar refractivity (Wildman–Crippen MR) is 131 cm³/mol. The van der Waals surface area contributed by atoms with Crippen molar-refractivity contribution in [1.82, 2.24) is 20.4 Å². The van der Waals surface area contributed by atoms with Crippen molar-refractivity contribution >= 4 is 23.4 Å². The molecule has 2 amide bonds. The molecule has 2 aliphatic heterocycles. The van der Waals surface area contributed by atoms with Crippen LogP contribution >= 0.6 is 11.6 Å². The highest BCUT2D eigenvalue weighted by molar-refractivity contribution is 6.20. The Hall–Kier alpha value is -0.850. The molecule has 0 spiro atoms. The Morgan fingerprint density at radius 2 is 1.88 bits per heavy atom. The third-order valence-electron chi connectivity index (χ3n) is 8.43. The molecule has 3 aliphatic rings. The van der Waals surface area contributed by atoms with Crippen LogP contribution < -0.4 is 10.6 Å². The number of carbonyl (C=O) groups is 2. The average molecular weight is 469 g/mol. The van der Waals surface area contributed by atoms with Crippen molar-refractivity contribution in [1.29, 1.82) is 0 Å². The van der Waals surface area contributed by atoms with Gasteiger partial charge in [-0.05, 0) is 83.5 Å². The van der Waals surface area contributed by atoms with Gasteiger partial charge in [-0.25, -0.2) is 0 Å². The van der Waals surface area contributed by atoms with Crippen molar-refractivity contribution in [2.45, 2.75) is 77.3 Å². The fourth-order valence-electron chi connectivity index (χ4n) is 6.26. The quantitative estimate of drug-likeness (QED) is 0.564. The lowest BCUT2D eigenvalue weighted by Gasteiger charge is -2.45. The Balaban J connectivity index is 1.59. The van der Waals surface area contributed by atoms with Crippen molar-refractivity contribution in [2.24, 2.45) is 29.6 Å². The molecule has 0 radical (unpaired) electrons. The van der Waals surface area contributed by atoms with Crippen molar-refractivity contribution < 1.29 is 9.59 Å². The van der Waals surface area contributed by atoms with E-state index in [0.29, 0.717) is 12.6 Å². The lowest BCUT2D eigenvalue weighted by molar-refractivity contribution is -0.132. The molecule has 7 atom stereocenters. The van der Waals surface area contributed by atoms with Gasteiger partial charge in [-0.3, -0.25) is 9.59 Å². The highest BCUT2D eigenvalue weighted by Crippen LogP contribution is 2.37. The van der Waals surface area contributed by atoms with E-state index in [1.165, 1.54) is 25.9 Å². The van der Waals surface area contributed by atoms with Crippen molar-refractivity contribution in [3.63, 3.8) is 0 Å². The average Bonchev–Trinajstić information content (AvgIpc) is 2.74. The summed E-state index contributed by atoms with van der Waals surface area (Å²) in [7, 11) is 2.20. The van der Waals surface area contributed by atoms with E-state index < -0.39 is 0 Å². The molecule has 32 heavy (non-hydrogen) atoms. The largest absolute Gasteiger partial charge is 0.355 e. The van der Waals surface area contributed by atoms with Crippen LogP contribution in [0.2, 0.25) is 0 Å². The van der Waals surface area contributed by atoms with E-state index in [1.54, 1.807) is 0 Å². The van der Waals surface area contributed by atoms with Gasteiger partial charge in [0.1, 0.15) is 0 Å². The van der Waals surface area contributed by atoms with Gasteiger partial charge in [0, 0.05) is 36.5 Å². The minimum absolute atomic E-state index is 0.0243. The number of rotatable bonds is 7. The number of carbonyl (C=O) groups excluding carboxylic acids is 2. The van der Waals surface area contributed by atoms with E-state index in [0.717, 1.165) is 38.3 Å². The Morgan fingerprint density at radius 3 is 2.50 bits per heavy atom. The lowest BCUT2D eigenvalue weighted by Crippen LogP contribution is -2.54. The number of nitrogens with zero attached hydrogens (tertiary/aromatic N) is 2. The molecule has 2 N–H and O–H groups in total. The highest BCUT2D eigenvalue weighted by atomic mass is 35.5. The number of likely N-dealkylation sites (tertiary alicyclic amines) is 1. The summed E-state index contributed by atoms with van der Waals surface area (Å²) in [5, 5.41) is 6.18. The monoisotopic (exact) mass is 468 g/mol. The normalized spacial score (nSPS) is 37.3. The Morgan fingerprint density at radius 1 is 1.19 bits per heavy atom. The molecule has 1 saturated carbocycles. The van der Waals surface area contributed by atoms with E-state index in [-0.39, 0.29) is 46.9 Å². The van der Waals surface area contributed by atoms with Crippen LogP contribution in [0.15, 0.2) is 0 Å². The first-order valence-corrected chi connectivity index (χ1v) is 13.3. The summed E-state index contributed by atoms with van der Waals surface area (Å²) < 4.78 is 0. The second-order valence-electron chi connectivity index (χ2n) is 10.9. The number of hydrogen-bond donors (Lipinski definition) is 2. The van der Waals surface area contributed by atoms with E-state index in [1.807, 2.05) is 6.92 Å². The first-order valence-electron chi connectivity index (χ1n) is 12.8. The number of alkyl halides is 1. The molecule has 3 fully saturated rings. The maximum absolute atomic E-state index is 13.2. The summed E-state index contributed by atoms with van der Waals surface area (Å²) in [4.78, 5) is 30.7. The van der Waals surface area contributed by atoms with Crippen LogP contribution in [0.1, 0.15) is 59.8 Å². The molecule has 7 heteroatoms. The van der Waals surface area contributed by atoms with Gasteiger partial charge in [0.2, 0.25) is 11.8 Å². The van der Waals surface area contributed by atoms with E-state index in [4.69, 9.17) is 11.6 Å². The summed E-state index contributed by atoms with van der Waals surface area (Å²) >= 11 is 6.71. The first-order chi connectivity index (χ1) is 15.2. The molecule has 0 aromatic carbocycles. The fourth-order valence-corrected chi connectivity index (χ4v) is 6.63. The van der Waals surface area contributed by atoms with Crippen LogP contribution in [0, 0.1) is 29.6 Å². The van der Waals surface area contributed by atoms with Crippen LogP contribution in [0.5, 0.6) is 0 Å². The number of amides is 2. The first kappa shape index (κ1) is 25.8. The van der Waals surface area contributed by atoms with Crippen LogP contribution in [-0.2, 0) is 9.59 Å². The molecular formula is C25H45ClN4O2. The van der Waals surface area contributed by atoms with Gasteiger partial charge in [-0.15, -0.1) is 11.6 Å². The molecule has 0 aromatic rings. The molecular weight excluding hydrogens is 424 g/mol. The summed E-state index contributed by atoms with van der Waals surface area (Å²) in [6, 6.07) is 0.551. The van der Waals surface area contributed by atoms with E-state index in [9.17, 15) is 9.59 Å². The van der Waals surface area contributed by atoms with Gasteiger partial charge in [0.25, 0.3) is 0 Å². The van der Waals surface area contributed by atoms with E-state index in [2.05, 4.69) is 48.3 Å². The molecule has 6 nitrogen and oxygen atoms in total. The second kappa shape index (κ2) is 11.5. The Kier molecular flexibility index (Phi) is 9.28. The SMILES string of the molecule is CCN(CC1CCN(C)CC1)C1CC(Cl)CC(C(=O)NCC2C(=O)NC(C)CC2C)C1C. The van der Waals surface area contributed by atoms with Crippen LogP contribution in [0.4, 0.5) is 0 Å². The zero-order valence-corrected chi connectivity index (χ0v) is 21.5. The third-order valence-corrected chi connectivity index (χ3v) is 8.78. The molecule has 1 aliphatic carbocycles. The number of hydrogen-bond acceptors (Lipinski definition) is 4. The zero-order chi connectivity index (χ0) is 23.4. The molecule has 0 aromatic heterocycles. The topological polar surface area (TPSA) is 64.7 Å². The molecule has 184 valence electrons. The van der Waals surface area contributed by atoms with Gasteiger partial charge >= 0.3 is 0 Å². The van der Waals surface area contributed by atoms with Gasteiger partial charge < -0.3 is 20.4 Å². The number of halogens is 1. The lowest BCUT2D eigenvalue weighted by atomic mass is 9.75. The molecule has 2 saturated heterocycles. The Bertz CT molecular complexity index is 639. The third kappa shape index (κ3) is 6.38. The van der Waals surface area contributed by atoms with Gasteiger partial charge in [-0.1, -0.05) is 20.8 Å². The van der Waals surface area contributed by atoms with Crippen molar-refractivity contribution in [2.75, 3.05) is 39.8 Å². The second-order valence-corrected chi connectivity index (χ2v) is 11.5. The minimum atomic E-state index is -0.145. The fraction of sp³-hybridized carbons (Fsp3) is 0.920. The maximum atomic E-state index is 13.2. The maximum Gasteiger partial charge on any atom is 0.225 e. The summed E-state index contributed by atoms with van der Waals surface area (Å²) in [6.45, 7) is 13.5. The van der Waals surface area contributed by atoms with Crippen molar-refractivity contribution in [3.8, 4) is 0 Å². The number of piperidine rings is 2. The highest BCUT2D eigenvalue weighted by Gasteiger charge is 2.41. The smallest absolute Gasteiger partial charge is 0.225 e. The summed E-state index contributed by atoms with van der Waals surface area (Å²) in [5.41, 5.74) is 0. The molecule has 2 heterocycles. The van der Waals surface area contributed by atoms with E-state index >= 15 is 0 Å². The molecule has 7 unspecified atom stereocenters. The zero-order valence-electron chi connectivity index (χ0n) is 20.8. The van der Waals surface area contributed by atoms with Gasteiger partial charge in [0.15, 0.2) is 0 Å². The Labute approximate surface area is 200 Å². The van der Waals surface area contributed by atoms with Crippen LogP contribution in [-0.4, -0.2) is 78.8 Å². The van der Waals surface area contributed by atoms with Crippen molar-refractivity contribution in [3.05, 3.63) is 0 Å². The van der Waals surface area contributed by atoms with Gasteiger partial charge in [0.05, 0.1) is 5.92 Å². The minimum Gasteiger partial charge on any atom is -0.355 e. The number of nitrogens with one attached hydrogen (secondary N) is 2. The van der Waals surface area contributed by atoms with Crippen LogP contribution in [0.3, 0.4) is 0 Å². The molecule has 0 bridgehead atoms. The molecule has 3 rings (SSSR count). The standard InChI is InChI=1S/C25H45ClN4O2/c1-6-30(15-19-7-9-29(5)10-8-19)23-13-20(26)12-21(18(23)4)24(31)27-14-22-16(2)11-17(3)28-25(22)32/h16-23H,6-15H2,1-5H3,(H,27,31)(H,28,32). The van der Waals surface area contributed by atoms with Gasteiger partial charge in [-0.2, -0.15) is 0 Å².